The van der Waals surface area contributed by atoms with Gasteiger partial charge < -0.3 is 10.1 Å². The molecule has 0 amide bonds. The smallest absolute Gasteiger partial charge is 0.160 e. The summed E-state index contributed by atoms with van der Waals surface area (Å²) in [4.78, 5) is 8.37. The fourth-order valence-electron chi connectivity index (χ4n) is 3.56. The van der Waals surface area contributed by atoms with Crippen molar-refractivity contribution in [1.82, 2.24) is 20.2 Å². The Hall–Kier alpha value is -2.68. The van der Waals surface area contributed by atoms with Gasteiger partial charge in [-0.15, -0.1) is 0 Å². The minimum atomic E-state index is -1.83. The lowest BCUT2D eigenvalue weighted by Crippen LogP contribution is -2.30. The molecule has 1 aromatic carbocycles. The van der Waals surface area contributed by atoms with Crippen molar-refractivity contribution in [1.29, 1.82) is 0 Å². The van der Waals surface area contributed by atoms with Gasteiger partial charge in [-0.25, -0.2) is 23.1 Å². The molecule has 0 spiro atoms. The second-order valence-electron chi connectivity index (χ2n) is 6.91. The highest BCUT2D eigenvalue weighted by Gasteiger charge is 2.25. The number of aromatic nitrogens is 4. The molecule has 148 valence electrons. The minimum absolute atomic E-state index is 0.134. The Kier molecular flexibility index (Phi) is 5.43. The Morgan fingerprint density at radius 2 is 1.89 bits per heavy atom. The molecule has 2 aromatic heterocycles. The van der Waals surface area contributed by atoms with Crippen LogP contribution in [0.5, 0.6) is 0 Å². The summed E-state index contributed by atoms with van der Waals surface area (Å²) < 4.78 is 47.1. The van der Waals surface area contributed by atoms with Gasteiger partial charge in [0.1, 0.15) is 23.8 Å². The Bertz CT molecular complexity index is 922. The number of benzene rings is 1. The molecule has 2 N–H and O–H groups in total. The number of H-pyrrole nitrogens is 1. The van der Waals surface area contributed by atoms with Crippen LogP contribution < -0.4 is 5.32 Å². The molecule has 9 heteroatoms. The van der Waals surface area contributed by atoms with E-state index in [1.54, 1.807) is 6.20 Å². The average Bonchev–Trinajstić information content (AvgIpc) is 3.17. The van der Waals surface area contributed by atoms with Gasteiger partial charge in [0.25, 0.3) is 0 Å². The van der Waals surface area contributed by atoms with Crippen molar-refractivity contribution in [2.45, 2.75) is 44.0 Å². The van der Waals surface area contributed by atoms with Crippen molar-refractivity contribution in [2.24, 2.45) is 0 Å². The van der Waals surface area contributed by atoms with Gasteiger partial charge in [-0.1, -0.05) is 6.07 Å². The number of ether oxygens (including phenoxy) is 1. The van der Waals surface area contributed by atoms with E-state index in [4.69, 9.17) is 4.74 Å². The van der Waals surface area contributed by atoms with E-state index >= 15 is 0 Å². The van der Waals surface area contributed by atoms with E-state index in [-0.39, 0.29) is 18.8 Å². The third-order valence-corrected chi connectivity index (χ3v) is 5.05. The Morgan fingerprint density at radius 1 is 1.14 bits per heavy atom. The van der Waals surface area contributed by atoms with E-state index < -0.39 is 23.4 Å². The highest BCUT2D eigenvalue weighted by atomic mass is 19.2. The lowest BCUT2D eigenvalue weighted by Gasteiger charge is -2.30. The van der Waals surface area contributed by atoms with Gasteiger partial charge in [-0.2, -0.15) is 5.10 Å². The lowest BCUT2D eigenvalue weighted by atomic mass is 9.93. The maximum atomic E-state index is 14.3. The van der Waals surface area contributed by atoms with Gasteiger partial charge in [0.05, 0.1) is 29.9 Å². The van der Waals surface area contributed by atoms with Crippen molar-refractivity contribution >= 4 is 16.9 Å². The maximum Gasteiger partial charge on any atom is 0.160 e. The van der Waals surface area contributed by atoms with Crippen LogP contribution in [0, 0.1) is 11.6 Å². The van der Waals surface area contributed by atoms with E-state index in [0.717, 1.165) is 49.0 Å². The Morgan fingerprint density at radius 3 is 2.64 bits per heavy atom. The van der Waals surface area contributed by atoms with Gasteiger partial charge in [0.15, 0.2) is 11.8 Å². The average molecular weight is 391 g/mol. The summed E-state index contributed by atoms with van der Waals surface area (Å²) in [6.45, 7) is -0.359. The highest BCUT2D eigenvalue weighted by molar-refractivity contribution is 5.85. The first kappa shape index (κ1) is 18.7. The SMILES string of the molecule is Fc1cccc(F)c1[C@@H](F)CO[C@H]1CC[C@H](Nc2ncnc3[nH]ncc23)CC1. The molecule has 6 nitrogen and oxygen atoms in total. The summed E-state index contributed by atoms with van der Waals surface area (Å²) in [5.74, 6) is -1.05. The maximum absolute atomic E-state index is 14.3. The third kappa shape index (κ3) is 3.94. The zero-order valence-corrected chi connectivity index (χ0v) is 15.0. The molecule has 28 heavy (non-hydrogen) atoms. The van der Waals surface area contributed by atoms with Crippen LogP contribution in [0.2, 0.25) is 0 Å². The summed E-state index contributed by atoms with van der Waals surface area (Å²) in [5.41, 5.74) is 0.106. The second kappa shape index (κ2) is 8.14. The van der Waals surface area contributed by atoms with Crippen LogP contribution in [0.25, 0.3) is 11.0 Å². The van der Waals surface area contributed by atoms with Crippen molar-refractivity contribution < 1.29 is 17.9 Å². The van der Waals surface area contributed by atoms with Gasteiger partial charge in [-0.05, 0) is 37.8 Å². The van der Waals surface area contributed by atoms with Crippen LogP contribution in [-0.4, -0.2) is 38.9 Å². The van der Waals surface area contributed by atoms with Crippen LogP contribution >= 0.6 is 0 Å². The van der Waals surface area contributed by atoms with Crippen molar-refractivity contribution in [2.75, 3.05) is 11.9 Å². The van der Waals surface area contributed by atoms with Gasteiger partial charge >= 0.3 is 0 Å². The van der Waals surface area contributed by atoms with Crippen LogP contribution in [0.1, 0.15) is 37.4 Å². The summed E-state index contributed by atoms with van der Waals surface area (Å²) in [5, 5.41) is 11.0. The molecule has 0 aliphatic heterocycles. The zero-order chi connectivity index (χ0) is 19.5. The molecule has 0 unspecified atom stereocenters. The number of aromatic amines is 1. The van der Waals surface area contributed by atoms with E-state index in [9.17, 15) is 13.2 Å². The van der Waals surface area contributed by atoms with E-state index in [1.165, 1.54) is 12.4 Å². The number of hydrogen-bond donors (Lipinski definition) is 2. The predicted octanol–water partition coefficient (Wildman–Crippen LogP) is 4.08. The van der Waals surface area contributed by atoms with Gasteiger partial charge in [0.2, 0.25) is 0 Å². The first-order chi connectivity index (χ1) is 13.6. The monoisotopic (exact) mass is 391 g/mol. The lowest BCUT2D eigenvalue weighted by molar-refractivity contribution is -0.00386. The zero-order valence-electron chi connectivity index (χ0n) is 15.0. The molecule has 1 atom stereocenters. The molecule has 1 aliphatic carbocycles. The molecule has 1 fully saturated rings. The molecule has 3 aromatic rings. The quantitative estimate of drug-likeness (QED) is 0.662. The van der Waals surface area contributed by atoms with Gasteiger partial charge in [-0.3, -0.25) is 5.10 Å². The standard InChI is InChI=1S/C19H20F3N5O/c20-14-2-1-3-15(21)17(14)16(22)9-28-12-6-4-11(5-7-12)26-18-13-8-25-27-19(13)24-10-23-18/h1-3,8,10-12,16H,4-7,9H2,(H2,23,24,25,26,27)/t11-,12-,16-/m0/s1. The Labute approximate surface area is 159 Å². The summed E-state index contributed by atoms with van der Waals surface area (Å²) in [7, 11) is 0. The number of nitrogens with one attached hydrogen (secondary N) is 2. The van der Waals surface area contributed by atoms with Crippen LogP contribution in [0.3, 0.4) is 0 Å². The fourth-order valence-corrected chi connectivity index (χ4v) is 3.56. The number of halogens is 3. The first-order valence-electron chi connectivity index (χ1n) is 9.22. The molecule has 1 saturated carbocycles. The fraction of sp³-hybridized carbons (Fsp3) is 0.421. The van der Waals surface area contributed by atoms with Crippen molar-refractivity contribution in [3.05, 3.63) is 47.9 Å². The topological polar surface area (TPSA) is 75.7 Å². The summed E-state index contributed by atoms with van der Waals surface area (Å²) in [6.07, 6.45) is 4.28. The molecule has 2 heterocycles. The molecule has 0 radical (unpaired) electrons. The van der Waals surface area contributed by atoms with Crippen LogP contribution in [0.15, 0.2) is 30.7 Å². The third-order valence-electron chi connectivity index (χ3n) is 5.05. The molecular weight excluding hydrogens is 371 g/mol. The van der Waals surface area contributed by atoms with Crippen LogP contribution in [-0.2, 0) is 4.74 Å². The molecular formula is C19H20F3N5O. The number of rotatable bonds is 6. The van der Waals surface area contributed by atoms with Crippen LogP contribution in [0.4, 0.5) is 19.0 Å². The second-order valence-corrected chi connectivity index (χ2v) is 6.91. The summed E-state index contributed by atoms with van der Waals surface area (Å²) in [6, 6.07) is 3.51. The van der Waals surface area contributed by atoms with E-state index in [0.29, 0.717) is 5.65 Å². The number of nitrogens with zero attached hydrogens (tertiary/aromatic N) is 3. The number of hydrogen-bond acceptors (Lipinski definition) is 5. The van der Waals surface area contributed by atoms with E-state index in [1.807, 2.05) is 0 Å². The minimum Gasteiger partial charge on any atom is -0.375 e. The normalized spacial score (nSPS) is 21.0. The molecule has 4 rings (SSSR count). The first-order valence-corrected chi connectivity index (χ1v) is 9.22. The van der Waals surface area contributed by atoms with Gasteiger partial charge in [0, 0.05) is 6.04 Å². The highest BCUT2D eigenvalue weighted by Crippen LogP contribution is 2.29. The molecule has 0 saturated heterocycles. The van der Waals surface area contributed by atoms with Crippen molar-refractivity contribution in [3.63, 3.8) is 0 Å². The van der Waals surface area contributed by atoms with E-state index in [2.05, 4.69) is 25.5 Å². The Balaban J connectivity index is 1.28. The largest absolute Gasteiger partial charge is 0.375 e. The number of alkyl halides is 1. The molecule has 0 bridgehead atoms. The molecule has 1 aliphatic rings. The predicted molar refractivity (Wildman–Crippen MR) is 97.5 cm³/mol. The number of fused-ring (bicyclic) bond motifs is 1. The summed E-state index contributed by atoms with van der Waals surface area (Å²) >= 11 is 0. The number of anilines is 1. The van der Waals surface area contributed by atoms with Crippen molar-refractivity contribution in [3.8, 4) is 0 Å².